The van der Waals surface area contributed by atoms with Gasteiger partial charge in [0.2, 0.25) is 0 Å². The topological polar surface area (TPSA) is 81.2 Å². The molecular weight excluding hydrogens is 216 g/mol. The Kier molecular flexibility index (Phi) is 2.53. The van der Waals surface area contributed by atoms with Gasteiger partial charge in [-0.15, -0.1) is 0 Å². The number of hydrogen-bond donors (Lipinski definition) is 1. The zero-order valence-corrected chi connectivity index (χ0v) is 9.31. The highest BCUT2D eigenvalue weighted by molar-refractivity contribution is 7.89. The zero-order chi connectivity index (χ0) is 11.1. The number of aryl methyl sites for hydroxylation is 1. The summed E-state index contributed by atoms with van der Waals surface area (Å²) in [4.78, 5) is 0. The lowest BCUT2D eigenvalue weighted by molar-refractivity contribution is 0.206. The number of aromatic nitrogens is 2. The average molecular weight is 230 g/mol. The van der Waals surface area contributed by atoms with E-state index in [0.29, 0.717) is 25.6 Å². The van der Waals surface area contributed by atoms with Gasteiger partial charge in [-0.3, -0.25) is 4.68 Å². The molecule has 0 saturated carbocycles. The van der Waals surface area contributed by atoms with E-state index in [2.05, 4.69) is 5.10 Å². The molecule has 1 fully saturated rings. The molecule has 0 aliphatic carbocycles. The van der Waals surface area contributed by atoms with E-state index >= 15 is 0 Å². The molecule has 15 heavy (non-hydrogen) atoms. The molecule has 1 aromatic rings. The normalized spacial score (nSPS) is 19.1. The highest BCUT2D eigenvalue weighted by Gasteiger charge is 2.37. The number of hydrogen-bond acceptors (Lipinski definition) is 4. The Morgan fingerprint density at radius 3 is 2.73 bits per heavy atom. The van der Waals surface area contributed by atoms with E-state index in [0.717, 1.165) is 0 Å². The molecule has 84 valence electrons. The van der Waals surface area contributed by atoms with Crippen molar-refractivity contribution in [3.05, 3.63) is 12.3 Å². The molecule has 1 aliphatic heterocycles. The molecule has 1 saturated heterocycles. The largest absolute Gasteiger partial charge is 0.330 e. The molecule has 0 atom stereocenters. The Bertz CT molecular complexity index is 447. The van der Waals surface area contributed by atoms with Gasteiger partial charge in [0.05, 0.1) is 6.20 Å². The number of nitrogens with two attached hydrogens (primary N) is 1. The van der Waals surface area contributed by atoms with Crippen molar-refractivity contribution in [2.45, 2.75) is 5.03 Å². The lowest BCUT2D eigenvalue weighted by atomic mass is 10.0. The van der Waals surface area contributed by atoms with E-state index in [1.165, 1.54) is 21.3 Å². The predicted octanol–water partition coefficient (Wildman–Crippen LogP) is -1.00. The minimum atomic E-state index is -3.35. The summed E-state index contributed by atoms with van der Waals surface area (Å²) in [6.07, 6.45) is 1.48. The van der Waals surface area contributed by atoms with Crippen molar-refractivity contribution in [3.8, 4) is 0 Å². The van der Waals surface area contributed by atoms with E-state index < -0.39 is 10.0 Å². The standard InChI is InChI=1S/C8H14N4O2S/c1-11-8(2-3-10-11)15(13,14)12-5-7(4-9)6-12/h2-3,7H,4-6,9H2,1H3. The molecule has 0 bridgehead atoms. The van der Waals surface area contributed by atoms with Crippen molar-refractivity contribution in [2.24, 2.45) is 18.7 Å². The van der Waals surface area contributed by atoms with Crippen molar-refractivity contribution in [3.63, 3.8) is 0 Å². The Morgan fingerprint density at radius 1 is 1.60 bits per heavy atom. The van der Waals surface area contributed by atoms with Crippen LogP contribution in [0.15, 0.2) is 17.3 Å². The lowest BCUT2D eigenvalue weighted by Gasteiger charge is -2.37. The van der Waals surface area contributed by atoms with Crippen LogP contribution >= 0.6 is 0 Å². The first kappa shape index (κ1) is 10.6. The van der Waals surface area contributed by atoms with Crippen LogP contribution in [-0.4, -0.2) is 42.1 Å². The van der Waals surface area contributed by atoms with Crippen molar-refractivity contribution in [1.82, 2.24) is 14.1 Å². The third kappa shape index (κ3) is 1.66. The summed E-state index contributed by atoms with van der Waals surface area (Å²) in [5.41, 5.74) is 5.45. The van der Waals surface area contributed by atoms with Gasteiger partial charge in [-0.1, -0.05) is 0 Å². The fourth-order valence-corrected chi connectivity index (χ4v) is 3.31. The van der Waals surface area contributed by atoms with Gasteiger partial charge in [0, 0.05) is 20.1 Å². The minimum Gasteiger partial charge on any atom is -0.330 e. The van der Waals surface area contributed by atoms with Gasteiger partial charge in [-0.2, -0.15) is 9.40 Å². The minimum absolute atomic E-state index is 0.234. The molecule has 1 aliphatic rings. The Labute approximate surface area is 88.7 Å². The Morgan fingerprint density at radius 2 is 2.27 bits per heavy atom. The second-order valence-electron chi connectivity index (χ2n) is 3.72. The Hall–Kier alpha value is -0.920. The van der Waals surface area contributed by atoms with E-state index in [-0.39, 0.29) is 5.03 Å². The van der Waals surface area contributed by atoms with Crippen LogP contribution in [0, 0.1) is 5.92 Å². The molecule has 6 nitrogen and oxygen atoms in total. The fourth-order valence-electron chi connectivity index (χ4n) is 1.61. The predicted molar refractivity (Wildman–Crippen MR) is 54.5 cm³/mol. The third-order valence-electron chi connectivity index (χ3n) is 2.64. The highest BCUT2D eigenvalue weighted by Crippen LogP contribution is 2.23. The molecule has 0 amide bonds. The lowest BCUT2D eigenvalue weighted by Crippen LogP contribution is -2.52. The van der Waals surface area contributed by atoms with Gasteiger partial charge >= 0.3 is 0 Å². The van der Waals surface area contributed by atoms with Crippen LogP contribution in [0.4, 0.5) is 0 Å². The van der Waals surface area contributed by atoms with Gasteiger partial charge in [0.25, 0.3) is 10.0 Å². The van der Waals surface area contributed by atoms with Gasteiger partial charge in [-0.25, -0.2) is 8.42 Å². The molecule has 1 aromatic heterocycles. The van der Waals surface area contributed by atoms with Crippen LogP contribution in [0.25, 0.3) is 0 Å². The molecule has 2 rings (SSSR count). The summed E-state index contributed by atoms with van der Waals surface area (Å²) in [5, 5.41) is 4.08. The highest BCUT2D eigenvalue weighted by atomic mass is 32.2. The maximum Gasteiger partial charge on any atom is 0.260 e. The van der Waals surface area contributed by atoms with Crippen molar-refractivity contribution in [1.29, 1.82) is 0 Å². The molecule has 0 unspecified atom stereocenters. The summed E-state index contributed by atoms with van der Waals surface area (Å²) < 4.78 is 26.8. The molecule has 2 N–H and O–H groups in total. The number of sulfonamides is 1. The summed E-state index contributed by atoms with van der Waals surface area (Å²) in [7, 11) is -1.74. The number of nitrogens with zero attached hydrogens (tertiary/aromatic N) is 3. The van der Waals surface area contributed by atoms with Crippen LogP contribution in [-0.2, 0) is 17.1 Å². The Balaban J connectivity index is 2.19. The quantitative estimate of drug-likeness (QED) is 0.722. The first-order valence-electron chi connectivity index (χ1n) is 4.74. The molecule has 2 heterocycles. The van der Waals surface area contributed by atoms with Crippen LogP contribution < -0.4 is 5.73 Å². The molecule has 0 radical (unpaired) electrons. The molecule has 0 spiro atoms. The van der Waals surface area contributed by atoms with Gasteiger partial charge in [0.1, 0.15) is 0 Å². The van der Waals surface area contributed by atoms with Gasteiger partial charge in [-0.05, 0) is 18.5 Å². The third-order valence-corrected chi connectivity index (χ3v) is 4.54. The summed E-state index contributed by atoms with van der Waals surface area (Å²) >= 11 is 0. The average Bonchev–Trinajstić information content (AvgIpc) is 2.49. The zero-order valence-electron chi connectivity index (χ0n) is 8.50. The number of rotatable bonds is 3. The van der Waals surface area contributed by atoms with E-state index in [1.807, 2.05) is 0 Å². The monoisotopic (exact) mass is 230 g/mol. The van der Waals surface area contributed by atoms with Crippen LogP contribution in [0.2, 0.25) is 0 Å². The summed E-state index contributed by atoms with van der Waals surface area (Å²) in [5.74, 6) is 0.299. The molecular formula is C8H14N4O2S. The molecule has 0 aromatic carbocycles. The van der Waals surface area contributed by atoms with Gasteiger partial charge in [0.15, 0.2) is 5.03 Å². The van der Waals surface area contributed by atoms with E-state index in [4.69, 9.17) is 5.73 Å². The maximum absolute atomic E-state index is 12.0. The van der Waals surface area contributed by atoms with Crippen molar-refractivity contribution < 1.29 is 8.42 Å². The fraction of sp³-hybridized carbons (Fsp3) is 0.625. The smallest absolute Gasteiger partial charge is 0.260 e. The van der Waals surface area contributed by atoms with Gasteiger partial charge < -0.3 is 5.73 Å². The summed E-state index contributed by atoms with van der Waals surface area (Å²) in [6, 6.07) is 1.51. The second-order valence-corrected chi connectivity index (χ2v) is 5.60. The SMILES string of the molecule is Cn1nccc1S(=O)(=O)N1CC(CN)C1. The second kappa shape index (κ2) is 3.58. The van der Waals surface area contributed by atoms with Crippen molar-refractivity contribution in [2.75, 3.05) is 19.6 Å². The van der Waals surface area contributed by atoms with Crippen LogP contribution in [0.1, 0.15) is 0 Å². The first-order valence-corrected chi connectivity index (χ1v) is 6.18. The van der Waals surface area contributed by atoms with Crippen molar-refractivity contribution >= 4 is 10.0 Å². The maximum atomic E-state index is 12.0. The van der Waals surface area contributed by atoms with Crippen LogP contribution in [0.5, 0.6) is 0 Å². The van der Waals surface area contributed by atoms with E-state index in [1.54, 1.807) is 7.05 Å². The van der Waals surface area contributed by atoms with Crippen LogP contribution in [0.3, 0.4) is 0 Å². The summed E-state index contributed by atoms with van der Waals surface area (Å²) in [6.45, 7) is 1.57. The van der Waals surface area contributed by atoms with E-state index in [9.17, 15) is 8.42 Å². The first-order chi connectivity index (χ1) is 7.05. The molecule has 7 heteroatoms.